The molecule has 19 heavy (non-hydrogen) atoms. The summed E-state index contributed by atoms with van der Waals surface area (Å²) in [4.78, 5) is 27.1. The van der Waals surface area contributed by atoms with Crippen LogP contribution in [0.1, 0.15) is 45.4 Å². The lowest BCUT2D eigenvalue weighted by Crippen LogP contribution is -2.51. The van der Waals surface area contributed by atoms with Crippen molar-refractivity contribution >= 4 is 12.0 Å². The molecule has 2 unspecified atom stereocenters. The first-order chi connectivity index (χ1) is 9.02. The van der Waals surface area contributed by atoms with Crippen molar-refractivity contribution in [3.05, 3.63) is 0 Å². The first-order valence-electron chi connectivity index (χ1n) is 7.28. The Hall–Kier alpha value is -1.26. The molecule has 0 aliphatic carbocycles. The summed E-state index contributed by atoms with van der Waals surface area (Å²) in [6, 6.07) is 0.646. The van der Waals surface area contributed by atoms with Gasteiger partial charge in [0, 0.05) is 32.1 Å². The van der Waals surface area contributed by atoms with E-state index in [-0.39, 0.29) is 30.5 Å². The fourth-order valence-corrected chi connectivity index (χ4v) is 3.64. The second kappa shape index (κ2) is 5.80. The Morgan fingerprint density at radius 3 is 2.32 bits per heavy atom. The number of carbonyl (C=O) groups is 2. The van der Waals surface area contributed by atoms with Crippen LogP contribution in [0.2, 0.25) is 0 Å². The van der Waals surface area contributed by atoms with E-state index in [9.17, 15) is 9.59 Å². The highest BCUT2D eigenvalue weighted by Crippen LogP contribution is 2.40. The van der Waals surface area contributed by atoms with Crippen molar-refractivity contribution in [2.24, 2.45) is 5.92 Å². The summed E-state index contributed by atoms with van der Waals surface area (Å²) in [5.74, 6) is -0.470. The molecule has 2 fully saturated rings. The van der Waals surface area contributed by atoms with E-state index in [4.69, 9.17) is 5.11 Å². The molecule has 108 valence electrons. The number of carbonyl (C=O) groups excluding carboxylic acids is 1. The molecule has 2 atom stereocenters. The number of urea groups is 1. The van der Waals surface area contributed by atoms with Crippen molar-refractivity contribution in [1.29, 1.82) is 0 Å². The van der Waals surface area contributed by atoms with E-state index in [1.807, 2.05) is 11.9 Å². The van der Waals surface area contributed by atoms with Gasteiger partial charge in [-0.05, 0) is 38.0 Å². The molecule has 2 saturated heterocycles. The summed E-state index contributed by atoms with van der Waals surface area (Å²) in [5.41, 5.74) is 0. The molecule has 0 aromatic rings. The van der Waals surface area contributed by atoms with Gasteiger partial charge in [-0.25, -0.2) is 4.79 Å². The Bertz CT molecular complexity index is 345. The predicted molar refractivity (Wildman–Crippen MR) is 71.9 cm³/mol. The van der Waals surface area contributed by atoms with E-state index < -0.39 is 5.97 Å². The van der Waals surface area contributed by atoms with E-state index in [1.54, 1.807) is 4.90 Å². The highest BCUT2D eigenvalue weighted by Gasteiger charge is 2.44. The van der Waals surface area contributed by atoms with E-state index in [0.29, 0.717) is 0 Å². The minimum atomic E-state index is -0.715. The third-order valence-corrected chi connectivity index (χ3v) is 4.40. The van der Waals surface area contributed by atoms with Crippen LogP contribution < -0.4 is 0 Å². The van der Waals surface area contributed by atoms with E-state index in [0.717, 1.165) is 38.6 Å². The maximum atomic E-state index is 12.4. The number of piperidine rings is 1. The Morgan fingerprint density at radius 1 is 1.26 bits per heavy atom. The number of hydrogen-bond acceptors (Lipinski definition) is 2. The number of nitrogens with zero attached hydrogens (tertiary/aromatic N) is 2. The van der Waals surface area contributed by atoms with Gasteiger partial charge in [0.15, 0.2) is 0 Å². The highest BCUT2D eigenvalue weighted by atomic mass is 16.4. The van der Waals surface area contributed by atoms with Gasteiger partial charge in [0.1, 0.15) is 0 Å². The molecule has 0 spiro atoms. The standard InChI is InChI=1S/C14H24N2O3/c1-3-6-15(2)14(19)16-11-4-5-12(16)8-10(7-11)9-13(17)18/h10-12H,3-9H2,1-2H3,(H,17,18). The topological polar surface area (TPSA) is 60.9 Å². The molecule has 2 aliphatic heterocycles. The van der Waals surface area contributed by atoms with Gasteiger partial charge in [-0.3, -0.25) is 4.79 Å². The van der Waals surface area contributed by atoms with Gasteiger partial charge in [0.2, 0.25) is 0 Å². The van der Waals surface area contributed by atoms with Crippen LogP contribution in [0.25, 0.3) is 0 Å². The number of hydrogen-bond donors (Lipinski definition) is 1. The average Bonchev–Trinajstić information content (AvgIpc) is 2.59. The molecule has 5 nitrogen and oxygen atoms in total. The van der Waals surface area contributed by atoms with Crippen molar-refractivity contribution in [1.82, 2.24) is 9.80 Å². The SMILES string of the molecule is CCCN(C)C(=O)N1C2CCC1CC(CC(=O)O)C2. The van der Waals surface area contributed by atoms with Crippen LogP contribution >= 0.6 is 0 Å². The molecular weight excluding hydrogens is 244 g/mol. The van der Waals surface area contributed by atoms with Crippen LogP contribution in [0.5, 0.6) is 0 Å². The van der Waals surface area contributed by atoms with E-state index in [1.165, 1.54) is 0 Å². The van der Waals surface area contributed by atoms with Gasteiger partial charge in [0.05, 0.1) is 0 Å². The molecule has 2 rings (SSSR count). The normalized spacial score (nSPS) is 29.4. The van der Waals surface area contributed by atoms with Gasteiger partial charge < -0.3 is 14.9 Å². The third kappa shape index (κ3) is 3.01. The Morgan fingerprint density at radius 2 is 1.84 bits per heavy atom. The Kier molecular flexibility index (Phi) is 4.32. The average molecular weight is 268 g/mol. The third-order valence-electron chi connectivity index (χ3n) is 4.40. The Balaban J connectivity index is 1.99. The number of rotatable bonds is 4. The molecule has 2 aliphatic rings. The minimum absolute atomic E-state index is 0.128. The molecular formula is C14H24N2O3. The van der Waals surface area contributed by atoms with Crippen LogP contribution in [-0.2, 0) is 4.79 Å². The maximum Gasteiger partial charge on any atom is 0.320 e. The number of aliphatic carboxylic acids is 1. The fourth-order valence-electron chi connectivity index (χ4n) is 3.64. The lowest BCUT2D eigenvalue weighted by Gasteiger charge is -2.40. The highest BCUT2D eigenvalue weighted by molar-refractivity contribution is 5.75. The zero-order valence-electron chi connectivity index (χ0n) is 11.8. The number of carboxylic acids is 1. The second-order valence-electron chi connectivity index (χ2n) is 5.93. The zero-order valence-corrected chi connectivity index (χ0v) is 11.8. The van der Waals surface area contributed by atoms with Crippen LogP contribution in [-0.4, -0.2) is 52.6 Å². The number of carboxylic acid groups (broad SMARTS) is 1. The number of fused-ring (bicyclic) bond motifs is 2. The zero-order chi connectivity index (χ0) is 14.0. The summed E-state index contributed by atoms with van der Waals surface area (Å²) < 4.78 is 0. The number of amides is 2. The molecule has 0 radical (unpaired) electrons. The summed E-state index contributed by atoms with van der Waals surface area (Å²) in [5, 5.41) is 8.90. The molecule has 2 bridgehead atoms. The van der Waals surface area contributed by atoms with Crippen molar-refractivity contribution in [2.45, 2.75) is 57.5 Å². The van der Waals surface area contributed by atoms with Gasteiger partial charge >= 0.3 is 12.0 Å². The monoisotopic (exact) mass is 268 g/mol. The minimum Gasteiger partial charge on any atom is -0.481 e. The van der Waals surface area contributed by atoms with Gasteiger partial charge in [-0.2, -0.15) is 0 Å². The summed E-state index contributed by atoms with van der Waals surface area (Å²) in [6.45, 7) is 2.85. The largest absolute Gasteiger partial charge is 0.481 e. The molecule has 0 saturated carbocycles. The first-order valence-corrected chi connectivity index (χ1v) is 7.28. The van der Waals surface area contributed by atoms with E-state index >= 15 is 0 Å². The van der Waals surface area contributed by atoms with Crippen LogP contribution in [0, 0.1) is 5.92 Å². The maximum absolute atomic E-state index is 12.4. The van der Waals surface area contributed by atoms with Crippen molar-refractivity contribution < 1.29 is 14.7 Å². The molecule has 0 aromatic carbocycles. The van der Waals surface area contributed by atoms with Gasteiger partial charge in [0.25, 0.3) is 0 Å². The van der Waals surface area contributed by atoms with E-state index in [2.05, 4.69) is 6.92 Å². The molecule has 5 heteroatoms. The van der Waals surface area contributed by atoms with Crippen molar-refractivity contribution in [3.63, 3.8) is 0 Å². The first kappa shape index (κ1) is 14.2. The Labute approximate surface area is 114 Å². The van der Waals surface area contributed by atoms with Gasteiger partial charge in [-0.15, -0.1) is 0 Å². The summed E-state index contributed by atoms with van der Waals surface area (Å²) in [7, 11) is 1.86. The van der Waals surface area contributed by atoms with Crippen molar-refractivity contribution in [2.75, 3.05) is 13.6 Å². The molecule has 0 aromatic heterocycles. The summed E-state index contributed by atoms with van der Waals surface area (Å²) >= 11 is 0. The van der Waals surface area contributed by atoms with Crippen LogP contribution in [0.4, 0.5) is 4.79 Å². The second-order valence-corrected chi connectivity index (χ2v) is 5.93. The van der Waals surface area contributed by atoms with Crippen LogP contribution in [0.15, 0.2) is 0 Å². The lowest BCUT2D eigenvalue weighted by atomic mass is 9.88. The molecule has 2 heterocycles. The molecule has 2 amide bonds. The fraction of sp³-hybridized carbons (Fsp3) is 0.857. The molecule has 1 N–H and O–H groups in total. The quantitative estimate of drug-likeness (QED) is 0.850. The van der Waals surface area contributed by atoms with Crippen LogP contribution in [0.3, 0.4) is 0 Å². The van der Waals surface area contributed by atoms with Crippen molar-refractivity contribution in [3.8, 4) is 0 Å². The lowest BCUT2D eigenvalue weighted by molar-refractivity contribution is -0.138. The predicted octanol–water partition coefficient (Wildman–Crippen LogP) is 2.17. The smallest absolute Gasteiger partial charge is 0.320 e. The van der Waals surface area contributed by atoms with Gasteiger partial charge in [-0.1, -0.05) is 6.92 Å². The summed E-state index contributed by atoms with van der Waals surface area (Å²) in [6.07, 6.45) is 4.99.